The van der Waals surface area contributed by atoms with Crippen molar-refractivity contribution in [2.75, 3.05) is 27.2 Å². The predicted octanol–water partition coefficient (Wildman–Crippen LogP) is 1.17. The molecule has 0 atom stereocenters. The van der Waals surface area contributed by atoms with Crippen LogP contribution in [-0.4, -0.2) is 38.0 Å². The highest BCUT2D eigenvalue weighted by molar-refractivity contribution is 6.33. The van der Waals surface area contributed by atoms with Crippen molar-refractivity contribution in [1.82, 2.24) is 10.2 Å². The van der Waals surface area contributed by atoms with E-state index in [0.29, 0.717) is 12.1 Å². The molecule has 21 heavy (non-hydrogen) atoms. The average molecular weight is 315 g/mol. The maximum absolute atomic E-state index is 12.1. The minimum Gasteiger partial charge on any atom is -0.628 e. The molecule has 7 heteroatoms. The molecule has 1 aromatic rings. The Kier molecular flexibility index (Phi) is 6.12. The van der Waals surface area contributed by atoms with Gasteiger partial charge in [0.1, 0.15) is 10.7 Å². The number of carbonyl (C=O) groups is 1. The van der Waals surface area contributed by atoms with E-state index in [1.54, 1.807) is 0 Å². The number of quaternary nitrogens is 1. The molecule has 6 nitrogen and oxygen atoms in total. The Morgan fingerprint density at radius 1 is 1.38 bits per heavy atom. The van der Waals surface area contributed by atoms with Crippen molar-refractivity contribution in [3.63, 3.8) is 0 Å². The van der Waals surface area contributed by atoms with Crippen LogP contribution in [-0.2, 0) is 0 Å². The molecule has 0 saturated heterocycles. The van der Waals surface area contributed by atoms with Crippen LogP contribution in [0, 0.1) is 15.8 Å². The van der Waals surface area contributed by atoms with Crippen LogP contribution < -0.4 is 10.5 Å². The number of benzene rings is 1. The molecule has 1 amide bonds. The second-order valence-corrected chi connectivity index (χ2v) is 6.47. The maximum atomic E-state index is 12.1. The molecular weight excluding hydrogens is 294 g/mol. The molecule has 0 heterocycles. The van der Waals surface area contributed by atoms with Crippen LogP contribution in [0.25, 0.3) is 0 Å². The molecule has 0 bridgehead atoms. The zero-order valence-electron chi connectivity index (χ0n) is 12.7. The number of rotatable bonds is 6. The maximum Gasteiger partial charge on any atom is 0.251 e. The van der Waals surface area contributed by atoms with Crippen LogP contribution >= 0.6 is 11.6 Å². The fourth-order valence-corrected chi connectivity index (χ4v) is 2.41. The Morgan fingerprint density at radius 2 is 2.00 bits per heavy atom. The van der Waals surface area contributed by atoms with Crippen molar-refractivity contribution in [1.29, 1.82) is 0 Å². The molecule has 0 aromatic heterocycles. The monoisotopic (exact) mass is 314 g/mol. The molecule has 0 radical (unpaired) electrons. The number of nitrogens with zero attached hydrogens (tertiary/aromatic N) is 1. The van der Waals surface area contributed by atoms with Crippen molar-refractivity contribution in [2.45, 2.75) is 13.8 Å². The van der Waals surface area contributed by atoms with Crippen LogP contribution in [0.15, 0.2) is 18.2 Å². The van der Waals surface area contributed by atoms with Gasteiger partial charge in [-0.3, -0.25) is 4.79 Å². The lowest BCUT2D eigenvalue weighted by Gasteiger charge is -2.28. The summed E-state index contributed by atoms with van der Waals surface area (Å²) in [6, 6.07) is 4.03. The van der Waals surface area contributed by atoms with Gasteiger partial charge in [0.25, 0.3) is 5.91 Å². The van der Waals surface area contributed by atoms with Gasteiger partial charge in [-0.25, -0.2) is 0 Å². The smallest absolute Gasteiger partial charge is 0.251 e. The van der Waals surface area contributed by atoms with Gasteiger partial charge >= 0.3 is 0 Å². The Balaban J connectivity index is 2.70. The third kappa shape index (κ3) is 5.61. The lowest BCUT2D eigenvalue weighted by atomic mass is 9.93. The van der Waals surface area contributed by atoms with Crippen molar-refractivity contribution in [3.8, 4) is 0 Å². The zero-order valence-corrected chi connectivity index (χ0v) is 13.5. The van der Waals surface area contributed by atoms with Crippen molar-refractivity contribution >= 4 is 23.2 Å². The number of hydrogen-bond donors (Lipinski definition) is 2. The van der Waals surface area contributed by atoms with Crippen molar-refractivity contribution in [3.05, 3.63) is 39.2 Å². The first-order valence-electron chi connectivity index (χ1n) is 6.56. The van der Waals surface area contributed by atoms with E-state index in [4.69, 9.17) is 11.6 Å². The molecule has 0 unspecified atom stereocenters. The SMILES string of the molecule is CN(C)CC(C)(C)CNC(=O)c1ccc([NH+]([O-])[O-])c(Cl)c1. The molecule has 0 aliphatic carbocycles. The number of carbonyl (C=O) groups excluding carboxylic acids is 1. The predicted molar refractivity (Wildman–Crippen MR) is 83.5 cm³/mol. The number of hydrogen-bond acceptors (Lipinski definition) is 4. The summed E-state index contributed by atoms with van der Waals surface area (Å²) in [5.74, 6) is -0.284. The van der Waals surface area contributed by atoms with Crippen LogP contribution in [0.5, 0.6) is 0 Å². The first kappa shape index (κ1) is 17.9. The summed E-state index contributed by atoms with van der Waals surface area (Å²) in [4.78, 5) is 14.1. The highest BCUT2D eigenvalue weighted by Gasteiger charge is 2.20. The van der Waals surface area contributed by atoms with Gasteiger partial charge < -0.3 is 25.9 Å². The summed E-state index contributed by atoms with van der Waals surface area (Å²) >= 11 is 5.82. The lowest BCUT2D eigenvalue weighted by molar-refractivity contribution is -0.715. The summed E-state index contributed by atoms with van der Waals surface area (Å²) in [6.07, 6.45) is 0. The largest absolute Gasteiger partial charge is 0.628 e. The Bertz CT molecular complexity index is 504. The van der Waals surface area contributed by atoms with Crippen LogP contribution in [0.3, 0.4) is 0 Å². The molecule has 1 aromatic carbocycles. The van der Waals surface area contributed by atoms with E-state index < -0.39 is 5.23 Å². The molecule has 0 fully saturated rings. The van der Waals surface area contributed by atoms with E-state index in [1.807, 2.05) is 14.1 Å². The van der Waals surface area contributed by atoms with Crippen LogP contribution in [0.2, 0.25) is 5.02 Å². The standard InChI is InChI=1S/C14H21ClN3O3/c1-14(2,9-17(3)4)8-16-13(19)10-5-6-12(18(20)21)11(15)7-10/h5-7,18H,8-9H2,1-4H3,(H,16,19)/q-1. The van der Waals surface area contributed by atoms with E-state index in [-0.39, 0.29) is 22.0 Å². The van der Waals surface area contributed by atoms with E-state index in [0.717, 1.165) is 6.54 Å². The van der Waals surface area contributed by atoms with E-state index >= 15 is 0 Å². The molecular formula is C14H21ClN3O3-. The molecule has 1 rings (SSSR count). The van der Waals surface area contributed by atoms with Gasteiger partial charge in [-0.2, -0.15) is 0 Å². The zero-order chi connectivity index (χ0) is 16.2. The highest BCUT2D eigenvalue weighted by atomic mass is 35.5. The summed E-state index contributed by atoms with van der Waals surface area (Å²) in [5.41, 5.74) is 0.125. The van der Waals surface area contributed by atoms with Gasteiger partial charge in [0, 0.05) is 24.7 Å². The van der Waals surface area contributed by atoms with Gasteiger partial charge in [-0.15, -0.1) is 0 Å². The molecule has 0 spiro atoms. The van der Waals surface area contributed by atoms with Gasteiger partial charge in [0.15, 0.2) is 0 Å². The highest BCUT2D eigenvalue weighted by Crippen LogP contribution is 2.20. The molecule has 118 valence electrons. The normalized spacial score (nSPS) is 12.0. The number of nitrogens with one attached hydrogen (secondary N) is 2. The number of halogens is 1. The van der Waals surface area contributed by atoms with Crippen LogP contribution in [0.4, 0.5) is 5.69 Å². The fourth-order valence-electron chi connectivity index (χ4n) is 2.16. The van der Waals surface area contributed by atoms with E-state index in [2.05, 4.69) is 24.1 Å². The molecule has 0 aliphatic rings. The summed E-state index contributed by atoms with van der Waals surface area (Å²) in [5, 5.41) is 23.0. The topological polar surface area (TPSA) is 82.9 Å². The van der Waals surface area contributed by atoms with Gasteiger partial charge in [-0.05, 0) is 31.6 Å². The van der Waals surface area contributed by atoms with Gasteiger partial charge in [-0.1, -0.05) is 25.4 Å². The van der Waals surface area contributed by atoms with E-state index in [1.165, 1.54) is 18.2 Å². The minimum atomic E-state index is -1.36. The minimum absolute atomic E-state index is 0.00444. The van der Waals surface area contributed by atoms with Gasteiger partial charge in [0.2, 0.25) is 0 Å². The lowest BCUT2D eigenvalue weighted by Crippen LogP contribution is -2.96. The molecule has 0 saturated carbocycles. The van der Waals surface area contributed by atoms with Crippen molar-refractivity contribution < 1.29 is 10.0 Å². The fraction of sp³-hybridized carbons (Fsp3) is 0.500. The Morgan fingerprint density at radius 3 is 2.48 bits per heavy atom. The summed E-state index contributed by atoms with van der Waals surface area (Å²) in [7, 11) is 3.95. The summed E-state index contributed by atoms with van der Waals surface area (Å²) in [6.45, 7) is 5.44. The van der Waals surface area contributed by atoms with Crippen LogP contribution in [0.1, 0.15) is 24.2 Å². The van der Waals surface area contributed by atoms with E-state index in [9.17, 15) is 15.2 Å². The third-order valence-corrected chi connectivity index (χ3v) is 3.24. The third-order valence-electron chi connectivity index (χ3n) is 2.92. The van der Waals surface area contributed by atoms with Gasteiger partial charge in [0.05, 0.1) is 0 Å². The first-order valence-corrected chi connectivity index (χ1v) is 6.94. The number of amides is 1. The summed E-state index contributed by atoms with van der Waals surface area (Å²) < 4.78 is 0. The quantitative estimate of drug-likeness (QED) is 0.772. The Hall–Kier alpha value is -1.18. The second-order valence-electron chi connectivity index (χ2n) is 6.07. The second kappa shape index (κ2) is 7.20. The molecule has 2 N–H and O–H groups in total. The molecule has 0 aliphatic heterocycles. The average Bonchev–Trinajstić information content (AvgIpc) is 2.33. The first-order chi connectivity index (χ1) is 9.62. The van der Waals surface area contributed by atoms with Crippen molar-refractivity contribution in [2.24, 2.45) is 5.41 Å². The Labute approximate surface area is 129 Å².